The van der Waals surface area contributed by atoms with Gasteiger partial charge in [0.05, 0.1) is 0 Å². The van der Waals surface area contributed by atoms with E-state index < -0.39 is 11.9 Å². The molecule has 0 unspecified atom stereocenters. The molecule has 0 aromatic carbocycles. The predicted octanol–water partition coefficient (Wildman–Crippen LogP) is 1.68. The topological polar surface area (TPSA) is 44.0 Å². The van der Waals surface area contributed by atoms with Gasteiger partial charge in [0.1, 0.15) is 5.69 Å². The molecule has 0 bridgehead atoms. The van der Waals surface area contributed by atoms with E-state index in [0.717, 1.165) is 19.2 Å². The lowest BCUT2D eigenvalue weighted by atomic mass is 10.3. The van der Waals surface area contributed by atoms with Crippen LogP contribution in [0.4, 0.5) is 19.0 Å². The summed E-state index contributed by atoms with van der Waals surface area (Å²) < 4.78 is 36.8. The van der Waals surface area contributed by atoms with Crippen LogP contribution >= 0.6 is 24.8 Å². The highest BCUT2D eigenvalue weighted by Crippen LogP contribution is 2.29. The van der Waals surface area contributed by atoms with Crippen LogP contribution < -0.4 is 10.2 Å². The number of piperazine rings is 1. The van der Waals surface area contributed by atoms with Gasteiger partial charge in [-0.3, -0.25) is 5.10 Å². The van der Waals surface area contributed by atoms with Gasteiger partial charge in [0.25, 0.3) is 0 Å². The van der Waals surface area contributed by atoms with Crippen molar-refractivity contribution >= 4 is 30.6 Å². The summed E-state index contributed by atoms with van der Waals surface area (Å²) in [6, 6.07) is 1.05. The number of aromatic nitrogens is 2. The number of hydrogen-bond acceptors (Lipinski definition) is 3. The highest BCUT2D eigenvalue weighted by Gasteiger charge is 2.33. The third-order valence-electron chi connectivity index (χ3n) is 2.31. The molecule has 0 spiro atoms. The second kappa shape index (κ2) is 6.32. The van der Waals surface area contributed by atoms with Crippen molar-refractivity contribution in [1.82, 2.24) is 15.5 Å². The Bertz CT molecular complexity index is 336. The van der Waals surface area contributed by atoms with E-state index in [9.17, 15) is 13.2 Å². The van der Waals surface area contributed by atoms with E-state index in [1.807, 2.05) is 10.00 Å². The summed E-state index contributed by atoms with van der Waals surface area (Å²) in [5.41, 5.74) is -0.795. The van der Waals surface area contributed by atoms with Crippen LogP contribution in [0.15, 0.2) is 6.07 Å². The molecule has 1 aromatic heterocycles. The van der Waals surface area contributed by atoms with Crippen molar-refractivity contribution in [3.8, 4) is 0 Å². The van der Waals surface area contributed by atoms with Gasteiger partial charge >= 0.3 is 6.18 Å². The third kappa shape index (κ3) is 3.93. The first-order valence-corrected chi connectivity index (χ1v) is 4.65. The first-order chi connectivity index (χ1) is 7.07. The number of anilines is 1. The Morgan fingerprint density at radius 1 is 1.18 bits per heavy atom. The number of H-pyrrole nitrogens is 1. The van der Waals surface area contributed by atoms with Gasteiger partial charge in [-0.05, 0) is 0 Å². The molecule has 17 heavy (non-hydrogen) atoms. The molecule has 0 amide bonds. The van der Waals surface area contributed by atoms with Crippen molar-refractivity contribution in [3.63, 3.8) is 0 Å². The fraction of sp³-hybridized carbons (Fsp3) is 0.625. The molecular weight excluding hydrogens is 280 g/mol. The number of rotatable bonds is 1. The SMILES string of the molecule is Cl.Cl.FC(F)(F)c1cc(N2CCNCC2)n[nH]1. The van der Waals surface area contributed by atoms with Gasteiger partial charge in [-0.1, -0.05) is 0 Å². The van der Waals surface area contributed by atoms with Crippen LogP contribution in [0, 0.1) is 0 Å². The highest BCUT2D eigenvalue weighted by atomic mass is 35.5. The maximum atomic E-state index is 12.3. The van der Waals surface area contributed by atoms with Gasteiger partial charge in [-0.2, -0.15) is 18.3 Å². The largest absolute Gasteiger partial charge is 0.432 e. The zero-order valence-corrected chi connectivity index (χ0v) is 10.4. The van der Waals surface area contributed by atoms with Gasteiger partial charge in [0.15, 0.2) is 5.82 Å². The Balaban J connectivity index is 0.00000128. The van der Waals surface area contributed by atoms with Crippen LogP contribution in [0.3, 0.4) is 0 Å². The first-order valence-electron chi connectivity index (χ1n) is 4.65. The number of nitrogens with one attached hydrogen (secondary N) is 2. The van der Waals surface area contributed by atoms with Crippen LogP contribution in [0.25, 0.3) is 0 Å². The summed E-state index contributed by atoms with van der Waals surface area (Å²) in [6.07, 6.45) is -4.35. The molecule has 0 aliphatic carbocycles. The normalized spacial score (nSPS) is 16.1. The van der Waals surface area contributed by atoms with Crippen molar-refractivity contribution in [2.24, 2.45) is 0 Å². The van der Waals surface area contributed by atoms with Gasteiger partial charge in [0.2, 0.25) is 0 Å². The first kappa shape index (κ1) is 16.3. The molecule has 1 aliphatic rings. The van der Waals surface area contributed by atoms with E-state index in [1.165, 1.54) is 0 Å². The smallest absolute Gasteiger partial charge is 0.353 e. The molecule has 0 atom stereocenters. The summed E-state index contributed by atoms with van der Waals surface area (Å²) in [7, 11) is 0. The van der Waals surface area contributed by atoms with E-state index in [4.69, 9.17) is 0 Å². The summed E-state index contributed by atoms with van der Waals surface area (Å²) in [4.78, 5) is 1.82. The zero-order valence-electron chi connectivity index (χ0n) is 8.75. The van der Waals surface area contributed by atoms with Crippen LogP contribution in [-0.2, 0) is 6.18 Å². The number of hydrogen-bond donors (Lipinski definition) is 2. The minimum atomic E-state index is -4.35. The van der Waals surface area contributed by atoms with Crippen LogP contribution in [-0.4, -0.2) is 36.4 Å². The summed E-state index contributed by atoms with van der Waals surface area (Å²) in [5, 5.41) is 8.79. The summed E-state index contributed by atoms with van der Waals surface area (Å²) in [6.45, 7) is 2.91. The van der Waals surface area contributed by atoms with Gasteiger partial charge in [-0.25, -0.2) is 0 Å². The average molecular weight is 293 g/mol. The molecule has 1 saturated heterocycles. The molecular formula is C8H13Cl2F3N4. The lowest BCUT2D eigenvalue weighted by Gasteiger charge is -2.26. The summed E-state index contributed by atoms with van der Waals surface area (Å²) in [5.74, 6) is 0.365. The predicted molar refractivity (Wildman–Crippen MR) is 63.2 cm³/mol. The number of aromatic amines is 1. The molecule has 2 N–H and O–H groups in total. The van der Waals surface area contributed by atoms with Gasteiger partial charge in [0, 0.05) is 32.2 Å². The second-order valence-electron chi connectivity index (χ2n) is 3.37. The standard InChI is InChI=1S/C8H11F3N4.2ClH/c9-8(10,11)6-5-7(14-13-6)15-3-1-12-2-4-15;;/h5,12H,1-4H2,(H,13,14);2*1H. The maximum absolute atomic E-state index is 12.3. The quantitative estimate of drug-likeness (QED) is 0.828. The molecule has 1 aromatic rings. The van der Waals surface area contributed by atoms with Crippen LogP contribution in [0.2, 0.25) is 0 Å². The Morgan fingerprint density at radius 3 is 2.24 bits per heavy atom. The van der Waals surface area contributed by atoms with E-state index >= 15 is 0 Å². The summed E-state index contributed by atoms with van der Waals surface area (Å²) >= 11 is 0. The van der Waals surface area contributed by atoms with Gasteiger partial charge < -0.3 is 10.2 Å². The Morgan fingerprint density at radius 2 is 1.76 bits per heavy atom. The molecule has 4 nitrogen and oxygen atoms in total. The minimum Gasteiger partial charge on any atom is -0.353 e. The van der Waals surface area contributed by atoms with E-state index in [2.05, 4.69) is 10.4 Å². The number of alkyl halides is 3. The zero-order chi connectivity index (χ0) is 10.9. The Kier molecular flexibility index (Phi) is 6.08. The molecule has 1 aliphatic heterocycles. The third-order valence-corrected chi connectivity index (χ3v) is 2.31. The van der Waals surface area contributed by atoms with E-state index in [0.29, 0.717) is 18.9 Å². The fourth-order valence-electron chi connectivity index (χ4n) is 1.51. The van der Waals surface area contributed by atoms with Crippen LogP contribution in [0.5, 0.6) is 0 Å². The van der Waals surface area contributed by atoms with Gasteiger partial charge in [-0.15, -0.1) is 24.8 Å². The lowest BCUT2D eigenvalue weighted by Crippen LogP contribution is -2.43. The molecule has 9 heteroatoms. The van der Waals surface area contributed by atoms with Crippen molar-refractivity contribution in [1.29, 1.82) is 0 Å². The number of nitrogens with zero attached hydrogens (tertiary/aromatic N) is 2. The Hall–Kier alpha value is -0.660. The Labute approximate surface area is 109 Å². The molecule has 2 rings (SSSR count). The second-order valence-corrected chi connectivity index (χ2v) is 3.37. The lowest BCUT2D eigenvalue weighted by molar-refractivity contribution is -0.141. The average Bonchev–Trinajstić information content (AvgIpc) is 2.67. The van der Waals surface area contributed by atoms with Crippen molar-refractivity contribution in [2.75, 3.05) is 31.1 Å². The molecule has 100 valence electrons. The van der Waals surface area contributed by atoms with E-state index in [1.54, 1.807) is 0 Å². The maximum Gasteiger partial charge on any atom is 0.432 e. The van der Waals surface area contributed by atoms with Crippen molar-refractivity contribution in [3.05, 3.63) is 11.8 Å². The van der Waals surface area contributed by atoms with E-state index in [-0.39, 0.29) is 24.8 Å². The molecule has 0 radical (unpaired) electrons. The molecule has 2 heterocycles. The molecule has 0 saturated carbocycles. The highest BCUT2D eigenvalue weighted by molar-refractivity contribution is 5.85. The van der Waals surface area contributed by atoms with Crippen molar-refractivity contribution in [2.45, 2.75) is 6.18 Å². The monoisotopic (exact) mass is 292 g/mol. The minimum absolute atomic E-state index is 0. The van der Waals surface area contributed by atoms with Crippen LogP contribution in [0.1, 0.15) is 5.69 Å². The van der Waals surface area contributed by atoms with Crippen molar-refractivity contribution < 1.29 is 13.2 Å². The number of halogens is 5. The molecule has 1 fully saturated rings. The fourth-order valence-corrected chi connectivity index (χ4v) is 1.51.